The second-order valence-electron chi connectivity index (χ2n) is 5.32. The maximum Gasteiger partial charge on any atom is 0.128 e. The van der Waals surface area contributed by atoms with Crippen LogP contribution in [0.2, 0.25) is 0 Å². The number of nitrogens with zero attached hydrogens (tertiary/aromatic N) is 2. The van der Waals surface area contributed by atoms with Crippen molar-refractivity contribution in [2.75, 3.05) is 30.4 Å². The summed E-state index contributed by atoms with van der Waals surface area (Å²) in [6.45, 7) is 2.09. The van der Waals surface area contributed by atoms with Crippen molar-refractivity contribution in [2.45, 2.75) is 18.9 Å². The third-order valence-corrected chi connectivity index (χ3v) is 3.93. The quantitative estimate of drug-likeness (QED) is 0.935. The number of pyridine rings is 1. The molecule has 0 aliphatic carbocycles. The van der Waals surface area contributed by atoms with E-state index < -0.39 is 0 Å². The molecule has 0 radical (unpaired) electrons. The molecule has 1 aliphatic rings. The summed E-state index contributed by atoms with van der Waals surface area (Å²) in [6, 6.07) is 14.7. The lowest BCUT2D eigenvalue weighted by molar-refractivity contribution is 0.415. The molecule has 2 aromatic rings. The lowest BCUT2D eigenvalue weighted by Gasteiger charge is -2.33. The molecule has 0 bridgehead atoms. The van der Waals surface area contributed by atoms with Crippen molar-refractivity contribution in [3.63, 3.8) is 0 Å². The summed E-state index contributed by atoms with van der Waals surface area (Å²) in [6.07, 6.45) is 4.11. The van der Waals surface area contributed by atoms with E-state index >= 15 is 0 Å². The van der Waals surface area contributed by atoms with E-state index in [-0.39, 0.29) is 0 Å². The first-order chi connectivity index (χ1) is 10.3. The van der Waals surface area contributed by atoms with Gasteiger partial charge in [-0.2, -0.15) is 0 Å². The van der Waals surface area contributed by atoms with Gasteiger partial charge in [-0.25, -0.2) is 4.98 Å². The zero-order valence-corrected chi connectivity index (χ0v) is 12.3. The van der Waals surface area contributed by atoms with Crippen molar-refractivity contribution in [1.82, 2.24) is 4.98 Å². The van der Waals surface area contributed by atoms with Crippen molar-refractivity contribution < 1.29 is 4.74 Å². The van der Waals surface area contributed by atoms with Crippen molar-refractivity contribution in [3.05, 3.63) is 48.7 Å². The van der Waals surface area contributed by atoms with Gasteiger partial charge in [-0.3, -0.25) is 0 Å². The highest BCUT2D eigenvalue weighted by atomic mass is 16.5. The second kappa shape index (κ2) is 6.48. The first kappa shape index (κ1) is 13.7. The van der Waals surface area contributed by atoms with Crippen LogP contribution >= 0.6 is 0 Å². The Bertz CT molecular complexity index is 548. The molecule has 1 N–H and O–H groups in total. The van der Waals surface area contributed by atoms with Crippen LogP contribution in [-0.2, 0) is 0 Å². The summed E-state index contributed by atoms with van der Waals surface area (Å²) in [4.78, 5) is 6.78. The van der Waals surface area contributed by atoms with Crippen molar-refractivity contribution in [2.24, 2.45) is 0 Å². The average molecular weight is 283 g/mol. The monoisotopic (exact) mass is 283 g/mol. The molecule has 0 amide bonds. The molecule has 1 aliphatic heterocycles. The van der Waals surface area contributed by atoms with Crippen LogP contribution < -0.4 is 15.0 Å². The molecule has 1 aromatic carbocycles. The molecular weight excluding hydrogens is 262 g/mol. The maximum absolute atomic E-state index is 5.18. The van der Waals surface area contributed by atoms with E-state index in [1.54, 1.807) is 7.11 Å². The Morgan fingerprint density at radius 1 is 1.10 bits per heavy atom. The van der Waals surface area contributed by atoms with Gasteiger partial charge in [0.15, 0.2) is 0 Å². The minimum Gasteiger partial charge on any atom is -0.497 e. The van der Waals surface area contributed by atoms with Gasteiger partial charge in [0.2, 0.25) is 0 Å². The predicted octanol–water partition coefficient (Wildman–Crippen LogP) is 3.17. The Kier molecular flexibility index (Phi) is 4.24. The number of methoxy groups -OCH3 is 1. The van der Waals surface area contributed by atoms with E-state index in [0.29, 0.717) is 6.04 Å². The van der Waals surface area contributed by atoms with Gasteiger partial charge in [0.1, 0.15) is 11.6 Å². The third-order valence-electron chi connectivity index (χ3n) is 3.93. The van der Waals surface area contributed by atoms with E-state index in [4.69, 9.17) is 4.74 Å². The Labute approximate surface area is 125 Å². The molecule has 4 nitrogen and oxygen atoms in total. The third kappa shape index (κ3) is 3.45. The van der Waals surface area contributed by atoms with Crippen LogP contribution in [-0.4, -0.2) is 31.2 Å². The van der Waals surface area contributed by atoms with Gasteiger partial charge in [-0.15, -0.1) is 0 Å². The fraction of sp³-hybridized carbons (Fsp3) is 0.353. The molecule has 4 heteroatoms. The van der Waals surface area contributed by atoms with Crippen LogP contribution in [0.1, 0.15) is 12.8 Å². The second-order valence-corrected chi connectivity index (χ2v) is 5.32. The van der Waals surface area contributed by atoms with Crippen LogP contribution in [0, 0.1) is 0 Å². The fourth-order valence-electron chi connectivity index (χ4n) is 2.72. The Balaban J connectivity index is 1.53. The minimum absolute atomic E-state index is 0.526. The average Bonchev–Trinajstić information content (AvgIpc) is 2.57. The smallest absolute Gasteiger partial charge is 0.128 e. The van der Waals surface area contributed by atoms with E-state index in [1.165, 1.54) is 0 Å². The van der Waals surface area contributed by atoms with Crippen molar-refractivity contribution in [3.8, 4) is 5.75 Å². The van der Waals surface area contributed by atoms with E-state index in [1.807, 2.05) is 30.5 Å². The van der Waals surface area contributed by atoms with Gasteiger partial charge < -0.3 is 15.0 Å². The van der Waals surface area contributed by atoms with Gasteiger partial charge >= 0.3 is 0 Å². The number of aromatic nitrogens is 1. The largest absolute Gasteiger partial charge is 0.497 e. The molecule has 21 heavy (non-hydrogen) atoms. The number of ether oxygens (including phenoxy) is 1. The van der Waals surface area contributed by atoms with Crippen molar-refractivity contribution >= 4 is 11.5 Å². The summed E-state index contributed by atoms with van der Waals surface area (Å²) in [5.41, 5.74) is 1.16. The van der Waals surface area contributed by atoms with Gasteiger partial charge in [-0.05, 0) is 49.2 Å². The van der Waals surface area contributed by atoms with Crippen LogP contribution in [0.5, 0.6) is 5.75 Å². The summed E-state index contributed by atoms with van der Waals surface area (Å²) in [5.74, 6) is 1.98. The number of rotatable bonds is 4. The molecule has 0 spiro atoms. The number of anilines is 2. The molecule has 0 atom stereocenters. The van der Waals surface area contributed by atoms with Crippen LogP contribution in [0.25, 0.3) is 0 Å². The van der Waals surface area contributed by atoms with Gasteiger partial charge in [0.05, 0.1) is 7.11 Å². The number of hydrogen-bond acceptors (Lipinski definition) is 4. The summed E-state index contributed by atoms with van der Waals surface area (Å²) < 4.78 is 5.18. The fourth-order valence-corrected chi connectivity index (χ4v) is 2.72. The summed E-state index contributed by atoms with van der Waals surface area (Å²) >= 11 is 0. The molecular formula is C17H21N3O. The number of piperidine rings is 1. The summed E-state index contributed by atoms with van der Waals surface area (Å²) in [5, 5.41) is 3.60. The molecule has 1 saturated heterocycles. The first-order valence-corrected chi connectivity index (χ1v) is 7.42. The van der Waals surface area contributed by atoms with Crippen molar-refractivity contribution in [1.29, 1.82) is 0 Å². The van der Waals surface area contributed by atoms with Crippen LogP contribution in [0.4, 0.5) is 11.5 Å². The van der Waals surface area contributed by atoms with E-state index in [9.17, 15) is 0 Å². The molecule has 1 aromatic heterocycles. The summed E-state index contributed by atoms with van der Waals surface area (Å²) in [7, 11) is 1.69. The van der Waals surface area contributed by atoms with Gasteiger partial charge in [-0.1, -0.05) is 6.07 Å². The molecule has 3 rings (SSSR count). The molecule has 0 saturated carbocycles. The highest BCUT2D eigenvalue weighted by molar-refractivity contribution is 5.47. The van der Waals surface area contributed by atoms with E-state index in [2.05, 4.69) is 33.4 Å². The number of nitrogens with one attached hydrogen (secondary N) is 1. The predicted molar refractivity (Wildman–Crippen MR) is 86.1 cm³/mol. The molecule has 0 unspecified atom stereocenters. The maximum atomic E-state index is 5.18. The zero-order chi connectivity index (χ0) is 14.5. The molecule has 1 fully saturated rings. The standard InChI is InChI=1S/C17H21N3O/c1-21-16-7-5-14(6-8-16)19-15-9-12-20(13-10-15)17-4-2-3-11-18-17/h2-8,11,15,19H,9-10,12-13H2,1H3. The first-order valence-electron chi connectivity index (χ1n) is 7.42. The topological polar surface area (TPSA) is 37.4 Å². The SMILES string of the molecule is COc1ccc(NC2CCN(c3ccccn3)CC2)cc1. The van der Waals surface area contributed by atoms with Crippen LogP contribution in [0.15, 0.2) is 48.7 Å². The Hall–Kier alpha value is -2.23. The Morgan fingerprint density at radius 2 is 1.86 bits per heavy atom. The highest BCUT2D eigenvalue weighted by Crippen LogP contribution is 2.21. The van der Waals surface area contributed by atoms with Crippen LogP contribution in [0.3, 0.4) is 0 Å². The number of hydrogen-bond donors (Lipinski definition) is 1. The zero-order valence-electron chi connectivity index (χ0n) is 12.3. The number of benzene rings is 1. The lowest BCUT2D eigenvalue weighted by atomic mass is 10.0. The molecule has 110 valence electrons. The normalized spacial score (nSPS) is 15.8. The van der Waals surface area contributed by atoms with E-state index in [0.717, 1.165) is 43.2 Å². The minimum atomic E-state index is 0.526. The lowest BCUT2D eigenvalue weighted by Crippen LogP contribution is -2.39. The van der Waals surface area contributed by atoms with Gasteiger partial charge in [0.25, 0.3) is 0 Å². The highest BCUT2D eigenvalue weighted by Gasteiger charge is 2.19. The van der Waals surface area contributed by atoms with Gasteiger partial charge in [0, 0.05) is 31.0 Å². The Morgan fingerprint density at radius 3 is 2.48 bits per heavy atom. The molecule has 2 heterocycles.